The van der Waals surface area contributed by atoms with E-state index in [1.807, 2.05) is 18.7 Å². The van der Waals surface area contributed by atoms with Gasteiger partial charge in [-0.05, 0) is 56.7 Å². The lowest BCUT2D eigenvalue weighted by Gasteiger charge is -2.33. The fraction of sp³-hybridized carbons (Fsp3) is 0.545. The van der Waals surface area contributed by atoms with Gasteiger partial charge >= 0.3 is 0 Å². The van der Waals surface area contributed by atoms with Crippen molar-refractivity contribution in [3.63, 3.8) is 0 Å². The minimum absolute atomic E-state index is 0.114. The molecule has 0 bridgehead atoms. The highest BCUT2D eigenvalue weighted by Crippen LogP contribution is 2.34. The number of ether oxygens (including phenoxy) is 1. The molecule has 1 unspecified atom stereocenters. The Morgan fingerprint density at radius 1 is 1.18 bits per heavy atom. The van der Waals surface area contributed by atoms with Gasteiger partial charge in [-0.25, -0.2) is 4.39 Å². The summed E-state index contributed by atoms with van der Waals surface area (Å²) < 4.78 is 18.9. The molecule has 28 heavy (non-hydrogen) atoms. The van der Waals surface area contributed by atoms with E-state index in [9.17, 15) is 14.0 Å². The Labute approximate surface area is 166 Å². The molecule has 2 heterocycles. The average Bonchev–Trinajstić information content (AvgIpc) is 2.90. The number of carbonyl (C=O) groups is 2. The number of piperidine rings is 1. The number of rotatable bonds is 7. The van der Waals surface area contributed by atoms with Crippen LogP contribution < -0.4 is 0 Å². The van der Waals surface area contributed by atoms with E-state index < -0.39 is 0 Å². The number of likely N-dealkylation sites (tertiary alicyclic amines) is 1. The van der Waals surface area contributed by atoms with Gasteiger partial charge in [0.1, 0.15) is 11.5 Å². The van der Waals surface area contributed by atoms with E-state index >= 15 is 0 Å². The molecule has 1 fully saturated rings. The van der Waals surface area contributed by atoms with Crippen molar-refractivity contribution < 1.29 is 18.7 Å². The molecule has 152 valence electrons. The highest BCUT2D eigenvalue weighted by atomic mass is 19.1. The lowest BCUT2D eigenvalue weighted by molar-refractivity contribution is -0.137. The smallest absolute Gasteiger partial charge is 0.277 e. The summed E-state index contributed by atoms with van der Waals surface area (Å²) in [6, 6.07) is 5.81. The van der Waals surface area contributed by atoms with Gasteiger partial charge < -0.3 is 9.64 Å². The molecule has 2 amide bonds. The second-order valence-corrected chi connectivity index (χ2v) is 7.96. The molecule has 6 heteroatoms. The largest absolute Gasteiger partial charge is 0.379 e. The third-order valence-electron chi connectivity index (χ3n) is 5.23. The normalized spacial score (nSPS) is 20.7. The summed E-state index contributed by atoms with van der Waals surface area (Å²) in [6.45, 7) is 8.40. The second kappa shape index (κ2) is 8.86. The zero-order valence-corrected chi connectivity index (χ0v) is 16.9. The Bertz CT molecular complexity index is 758. The van der Waals surface area contributed by atoms with Crippen molar-refractivity contribution in [3.8, 4) is 0 Å². The first-order valence-corrected chi connectivity index (χ1v) is 10.1. The van der Waals surface area contributed by atoms with Crippen LogP contribution in [0, 0.1) is 11.7 Å². The number of imide groups is 1. The monoisotopic (exact) mass is 388 g/mol. The van der Waals surface area contributed by atoms with Crippen molar-refractivity contribution >= 4 is 17.4 Å². The molecule has 2 aliphatic heterocycles. The zero-order chi connectivity index (χ0) is 20.3. The lowest BCUT2D eigenvalue weighted by Crippen LogP contribution is -2.39. The van der Waals surface area contributed by atoms with Crippen molar-refractivity contribution in [2.45, 2.75) is 46.1 Å². The van der Waals surface area contributed by atoms with Crippen molar-refractivity contribution in [2.24, 2.45) is 5.92 Å². The van der Waals surface area contributed by atoms with Gasteiger partial charge in [0.2, 0.25) is 0 Å². The summed E-state index contributed by atoms with van der Waals surface area (Å²) in [5.74, 6) is -0.443. The predicted octanol–water partition coefficient (Wildman–Crippen LogP) is 3.45. The summed E-state index contributed by atoms with van der Waals surface area (Å²) in [7, 11) is 0. The Balaban J connectivity index is 1.88. The fourth-order valence-electron chi connectivity index (χ4n) is 3.87. The van der Waals surface area contributed by atoms with Crippen LogP contribution in [-0.2, 0) is 14.3 Å². The molecule has 0 N–H and O–H groups in total. The van der Waals surface area contributed by atoms with Crippen LogP contribution in [-0.4, -0.2) is 54.0 Å². The number of benzene rings is 1. The van der Waals surface area contributed by atoms with Crippen molar-refractivity contribution in [1.29, 1.82) is 0 Å². The van der Waals surface area contributed by atoms with E-state index in [1.165, 1.54) is 17.0 Å². The Morgan fingerprint density at radius 2 is 1.89 bits per heavy atom. The van der Waals surface area contributed by atoms with Gasteiger partial charge in [-0.3, -0.25) is 14.5 Å². The number of halogens is 1. The molecule has 3 rings (SSSR count). The van der Waals surface area contributed by atoms with Gasteiger partial charge in [-0.15, -0.1) is 0 Å². The third kappa shape index (κ3) is 4.43. The van der Waals surface area contributed by atoms with Gasteiger partial charge in [0, 0.05) is 26.2 Å². The molecule has 2 aliphatic rings. The van der Waals surface area contributed by atoms with Gasteiger partial charge in [0.25, 0.3) is 11.8 Å². The first-order valence-electron chi connectivity index (χ1n) is 10.1. The van der Waals surface area contributed by atoms with Crippen molar-refractivity contribution in [2.75, 3.05) is 26.2 Å². The molecular weight excluding hydrogens is 359 g/mol. The maximum Gasteiger partial charge on any atom is 0.277 e. The Kier molecular flexibility index (Phi) is 6.50. The van der Waals surface area contributed by atoms with E-state index in [1.54, 1.807) is 12.1 Å². The molecule has 0 aliphatic carbocycles. The highest BCUT2D eigenvalue weighted by molar-refractivity contribution is 6.35. The minimum atomic E-state index is -0.364. The second-order valence-electron chi connectivity index (χ2n) is 7.96. The van der Waals surface area contributed by atoms with Crippen LogP contribution in [0.5, 0.6) is 0 Å². The molecule has 0 radical (unpaired) electrons. The molecular formula is C22H29FN2O3. The highest BCUT2D eigenvalue weighted by Gasteiger charge is 2.41. The molecule has 1 atom stereocenters. The SMILES string of the molecule is CC1CCCN(C2=C(c3ccc(F)cc3)C(=O)N(CCCOC(C)C)C2=O)C1. The first kappa shape index (κ1) is 20.5. The predicted molar refractivity (Wildman–Crippen MR) is 106 cm³/mol. The molecule has 1 aromatic carbocycles. The fourth-order valence-corrected chi connectivity index (χ4v) is 3.87. The average molecular weight is 388 g/mol. The summed E-state index contributed by atoms with van der Waals surface area (Å²) in [6.07, 6.45) is 2.82. The van der Waals surface area contributed by atoms with Gasteiger partial charge in [-0.1, -0.05) is 19.1 Å². The Morgan fingerprint density at radius 3 is 2.54 bits per heavy atom. The van der Waals surface area contributed by atoms with Gasteiger partial charge in [0.15, 0.2) is 0 Å². The number of nitrogens with zero attached hydrogens (tertiary/aromatic N) is 2. The third-order valence-corrected chi connectivity index (χ3v) is 5.23. The van der Waals surface area contributed by atoms with Crippen LogP contribution in [0.4, 0.5) is 4.39 Å². The van der Waals surface area contributed by atoms with Crippen LogP contribution in [0.25, 0.3) is 5.57 Å². The molecule has 1 aromatic rings. The van der Waals surface area contributed by atoms with Crippen LogP contribution in [0.15, 0.2) is 30.0 Å². The number of amides is 2. The summed E-state index contributed by atoms with van der Waals surface area (Å²) in [5, 5.41) is 0. The molecule has 0 spiro atoms. The summed E-state index contributed by atoms with van der Waals surface area (Å²) >= 11 is 0. The molecule has 0 aromatic heterocycles. The maximum atomic E-state index is 13.4. The lowest BCUT2D eigenvalue weighted by atomic mass is 9.98. The van der Waals surface area contributed by atoms with Crippen LogP contribution in [0.1, 0.15) is 45.6 Å². The van der Waals surface area contributed by atoms with Crippen LogP contribution in [0.2, 0.25) is 0 Å². The van der Waals surface area contributed by atoms with E-state index in [2.05, 4.69) is 6.92 Å². The standard InChI is InChI=1S/C22H29FN2O3/c1-15(2)28-13-5-12-25-21(26)19(17-7-9-18(23)10-8-17)20(22(25)27)24-11-4-6-16(3)14-24/h7-10,15-16H,4-6,11-14H2,1-3H3. The van der Waals surface area contributed by atoms with Crippen molar-refractivity contribution in [1.82, 2.24) is 9.80 Å². The Hall–Kier alpha value is -2.21. The van der Waals surface area contributed by atoms with Crippen LogP contribution in [0.3, 0.4) is 0 Å². The van der Waals surface area contributed by atoms with E-state index in [0.717, 1.165) is 25.9 Å². The maximum absolute atomic E-state index is 13.4. The number of carbonyl (C=O) groups excluding carboxylic acids is 2. The molecule has 1 saturated heterocycles. The quantitative estimate of drug-likeness (QED) is 0.530. The number of hydrogen-bond donors (Lipinski definition) is 0. The van der Waals surface area contributed by atoms with Gasteiger partial charge in [-0.2, -0.15) is 0 Å². The first-order chi connectivity index (χ1) is 13.4. The van der Waals surface area contributed by atoms with E-state index in [4.69, 9.17) is 4.74 Å². The zero-order valence-electron chi connectivity index (χ0n) is 16.9. The summed E-state index contributed by atoms with van der Waals surface area (Å²) in [4.78, 5) is 29.7. The summed E-state index contributed by atoms with van der Waals surface area (Å²) in [5.41, 5.74) is 1.45. The van der Waals surface area contributed by atoms with E-state index in [0.29, 0.717) is 42.3 Å². The number of hydrogen-bond acceptors (Lipinski definition) is 4. The minimum Gasteiger partial charge on any atom is -0.379 e. The van der Waals surface area contributed by atoms with Crippen LogP contribution >= 0.6 is 0 Å². The molecule has 5 nitrogen and oxygen atoms in total. The molecule has 0 saturated carbocycles. The van der Waals surface area contributed by atoms with E-state index in [-0.39, 0.29) is 23.7 Å². The van der Waals surface area contributed by atoms with Gasteiger partial charge in [0.05, 0.1) is 11.7 Å². The van der Waals surface area contributed by atoms with Crippen molar-refractivity contribution in [3.05, 3.63) is 41.3 Å². The topological polar surface area (TPSA) is 49.9 Å².